The van der Waals surface area contributed by atoms with Crippen molar-refractivity contribution in [2.75, 3.05) is 17.6 Å². The van der Waals surface area contributed by atoms with Crippen molar-refractivity contribution < 1.29 is 0 Å². The zero-order valence-electron chi connectivity index (χ0n) is 15.7. The van der Waals surface area contributed by atoms with Crippen molar-refractivity contribution in [1.29, 1.82) is 0 Å². The van der Waals surface area contributed by atoms with E-state index in [1.807, 2.05) is 0 Å². The number of nitrogens with two attached hydrogens (primary N) is 1. The molecular formula is C19H20N6S4. The van der Waals surface area contributed by atoms with E-state index >= 15 is 0 Å². The maximum atomic E-state index is 6.31. The fourth-order valence-electron chi connectivity index (χ4n) is 3.51. The van der Waals surface area contributed by atoms with Crippen LogP contribution >= 0.6 is 45.8 Å². The summed E-state index contributed by atoms with van der Waals surface area (Å²) in [4.78, 5) is 13.2. The van der Waals surface area contributed by atoms with Crippen LogP contribution in [0.1, 0.15) is 34.0 Å². The Hall–Kier alpha value is -1.75. The average molecular weight is 461 g/mol. The number of hydrogen-bond acceptors (Lipinski definition) is 10. The van der Waals surface area contributed by atoms with E-state index in [0.29, 0.717) is 11.6 Å². The molecule has 150 valence electrons. The molecular weight excluding hydrogens is 441 g/mol. The second-order valence-electron chi connectivity index (χ2n) is 6.83. The van der Waals surface area contributed by atoms with E-state index < -0.39 is 0 Å². The maximum Gasteiger partial charge on any atom is 0.206 e. The van der Waals surface area contributed by atoms with Crippen LogP contribution in [0.2, 0.25) is 0 Å². The molecule has 4 aromatic heterocycles. The van der Waals surface area contributed by atoms with Gasteiger partial charge in [0.15, 0.2) is 4.34 Å². The Balaban J connectivity index is 1.22. The summed E-state index contributed by atoms with van der Waals surface area (Å²) in [5.41, 5.74) is 7.69. The Kier molecular flexibility index (Phi) is 5.67. The number of rotatable bonds is 7. The zero-order valence-corrected chi connectivity index (χ0v) is 18.9. The lowest BCUT2D eigenvalue weighted by Gasteiger charge is -2.10. The number of thiophene rings is 2. The number of nitrogen functional groups attached to an aromatic ring is 1. The Morgan fingerprint density at radius 3 is 2.97 bits per heavy atom. The Labute approximate surface area is 185 Å². The van der Waals surface area contributed by atoms with Gasteiger partial charge in [0.1, 0.15) is 16.5 Å². The largest absolute Gasteiger partial charge is 0.383 e. The second-order valence-corrected chi connectivity index (χ2v) is 11.1. The molecule has 0 fully saturated rings. The topological polar surface area (TPSA) is 89.6 Å². The van der Waals surface area contributed by atoms with Gasteiger partial charge in [-0.15, -0.1) is 32.9 Å². The third-order valence-corrected chi connectivity index (χ3v) is 8.98. The van der Waals surface area contributed by atoms with Crippen molar-refractivity contribution in [2.24, 2.45) is 0 Å². The zero-order chi connectivity index (χ0) is 19.6. The van der Waals surface area contributed by atoms with Crippen LogP contribution in [0.5, 0.6) is 0 Å². The summed E-state index contributed by atoms with van der Waals surface area (Å²) < 4.78 is 0.913. The SMILES string of the molecule is Nc1nc(CSc2nnc(NCCc3cccs3)s2)nc2sc3c(c12)CCCC3. The van der Waals surface area contributed by atoms with E-state index in [0.717, 1.165) is 51.3 Å². The number of aromatic nitrogens is 4. The van der Waals surface area contributed by atoms with E-state index in [4.69, 9.17) is 10.7 Å². The molecule has 6 nitrogen and oxygen atoms in total. The summed E-state index contributed by atoms with van der Waals surface area (Å²) in [7, 11) is 0. The molecule has 1 aliphatic rings. The van der Waals surface area contributed by atoms with Gasteiger partial charge in [-0.1, -0.05) is 29.2 Å². The lowest BCUT2D eigenvalue weighted by molar-refractivity contribution is 0.700. The maximum absolute atomic E-state index is 6.31. The molecule has 0 amide bonds. The summed E-state index contributed by atoms with van der Waals surface area (Å²) >= 11 is 6.74. The molecule has 0 radical (unpaired) electrons. The van der Waals surface area contributed by atoms with Gasteiger partial charge in [-0.05, 0) is 49.1 Å². The molecule has 0 spiro atoms. The first kappa shape index (κ1) is 19.2. The molecule has 3 N–H and O–H groups in total. The first-order chi connectivity index (χ1) is 14.3. The van der Waals surface area contributed by atoms with Crippen LogP contribution < -0.4 is 11.1 Å². The van der Waals surface area contributed by atoms with Crippen molar-refractivity contribution in [3.63, 3.8) is 0 Å². The quantitative estimate of drug-likeness (QED) is 0.375. The Bertz CT molecular complexity index is 1120. The van der Waals surface area contributed by atoms with Gasteiger partial charge in [0.2, 0.25) is 5.13 Å². The monoisotopic (exact) mass is 460 g/mol. The minimum atomic E-state index is 0.623. The number of anilines is 2. The lowest BCUT2D eigenvalue weighted by atomic mass is 9.97. The molecule has 0 atom stereocenters. The van der Waals surface area contributed by atoms with Crippen LogP contribution in [0.4, 0.5) is 10.9 Å². The first-order valence-corrected chi connectivity index (χ1v) is 13.1. The van der Waals surface area contributed by atoms with Gasteiger partial charge in [0.25, 0.3) is 0 Å². The average Bonchev–Trinajstić information content (AvgIpc) is 3.46. The van der Waals surface area contributed by atoms with E-state index in [2.05, 4.69) is 38.0 Å². The van der Waals surface area contributed by atoms with Crippen LogP contribution in [0.25, 0.3) is 10.2 Å². The first-order valence-electron chi connectivity index (χ1n) is 9.55. The number of hydrogen-bond donors (Lipinski definition) is 2. The van der Waals surface area contributed by atoms with Crippen LogP contribution in [-0.2, 0) is 25.0 Å². The Morgan fingerprint density at radius 1 is 1.14 bits per heavy atom. The van der Waals surface area contributed by atoms with Crippen LogP contribution in [0.3, 0.4) is 0 Å². The van der Waals surface area contributed by atoms with Gasteiger partial charge in [-0.3, -0.25) is 0 Å². The number of aryl methyl sites for hydroxylation is 2. The van der Waals surface area contributed by atoms with Gasteiger partial charge < -0.3 is 11.1 Å². The van der Waals surface area contributed by atoms with E-state index in [9.17, 15) is 0 Å². The highest BCUT2D eigenvalue weighted by molar-refractivity contribution is 8.00. The van der Waals surface area contributed by atoms with Crippen molar-refractivity contribution >= 4 is 66.9 Å². The molecule has 4 aromatic rings. The van der Waals surface area contributed by atoms with Gasteiger partial charge in [-0.2, -0.15) is 0 Å². The minimum absolute atomic E-state index is 0.623. The number of nitrogens with zero attached hydrogens (tertiary/aromatic N) is 4. The molecule has 10 heteroatoms. The lowest BCUT2D eigenvalue weighted by Crippen LogP contribution is -2.03. The number of fused-ring (bicyclic) bond motifs is 3. The van der Waals surface area contributed by atoms with Crippen LogP contribution in [-0.4, -0.2) is 26.7 Å². The summed E-state index contributed by atoms with van der Waals surface area (Å²) in [5.74, 6) is 2.03. The molecule has 0 bridgehead atoms. The van der Waals surface area contributed by atoms with Crippen LogP contribution in [0.15, 0.2) is 21.9 Å². The standard InChI is InChI=1S/C19H20N6S4/c20-16-15-12-5-1-2-6-13(12)28-17(15)23-14(22-16)10-27-19-25-24-18(29-19)21-8-7-11-4-3-9-26-11/h3-4,9H,1-2,5-8,10H2,(H,21,24)(H2,20,22,23). The predicted molar refractivity (Wildman–Crippen MR) is 124 cm³/mol. The van der Waals surface area contributed by atoms with Crippen molar-refractivity contribution in [1.82, 2.24) is 20.2 Å². The smallest absolute Gasteiger partial charge is 0.206 e. The van der Waals surface area contributed by atoms with E-state index in [1.165, 1.54) is 28.2 Å². The van der Waals surface area contributed by atoms with Gasteiger partial charge in [0, 0.05) is 16.3 Å². The highest BCUT2D eigenvalue weighted by atomic mass is 32.2. The third kappa shape index (κ3) is 4.25. The van der Waals surface area contributed by atoms with Crippen molar-refractivity contribution in [3.05, 3.63) is 38.7 Å². The van der Waals surface area contributed by atoms with Gasteiger partial charge in [0.05, 0.1) is 11.1 Å². The number of thioether (sulfide) groups is 1. The number of nitrogens with one attached hydrogen (secondary N) is 1. The van der Waals surface area contributed by atoms with Gasteiger partial charge >= 0.3 is 0 Å². The molecule has 0 unspecified atom stereocenters. The molecule has 1 aliphatic carbocycles. The van der Waals surface area contributed by atoms with Crippen molar-refractivity contribution in [3.8, 4) is 0 Å². The Morgan fingerprint density at radius 2 is 2.07 bits per heavy atom. The molecule has 0 saturated heterocycles. The minimum Gasteiger partial charge on any atom is -0.383 e. The fourth-order valence-corrected chi connectivity index (χ4v) is 7.14. The second kappa shape index (κ2) is 8.55. The summed E-state index contributed by atoms with van der Waals surface area (Å²) in [6.45, 7) is 0.860. The van der Waals surface area contributed by atoms with Crippen molar-refractivity contribution in [2.45, 2.75) is 42.2 Å². The van der Waals surface area contributed by atoms with E-state index in [1.54, 1.807) is 45.8 Å². The molecule has 0 saturated carbocycles. The summed E-state index contributed by atoms with van der Waals surface area (Å²) in [5, 5.41) is 15.9. The fraction of sp³-hybridized carbons (Fsp3) is 0.368. The van der Waals surface area contributed by atoms with E-state index in [-0.39, 0.29) is 0 Å². The molecule has 4 heterocycles. The van der Waals surface area contributed by atoms with Gasteiger partial charge in [-0.25, -0.2) is 9.97 Å². The molecule has 5 rings (SSSR count). The molecule has 0 aliphatic heterocycles. The summed E-state index contributed by atoms with van der Waals surface area (Å²) in [6, 6.07) is 4.23. The molecule has 29 heavy (non-hydrogen) atoms. The molecule has 0 aromatic carbocycles. The normalized spacial score (nSPS) is 13.7. The highest BCUT2D eigenvalue weighted by Crippen LogP contribution is 2.38. The third-order valence-electron chi connectivity index (χ3n) is 4.85. The highest BCUT2D eigenvalue weighted by Gasteiger charge is 2.20. The predicted octanol–water partition coefficient (Wildman–Crippen LogP) is 5.01. The van der Waals surface area contributed by atoms with Crippen LogP contribution in [0, 0.1) is 0 Å². The summed E-state index contributed by atoms with van der Waals surface area (Å²) in [6.07, 6.45) is 5.74.